The van der Waals surface area contributed by atoms with Gasteiger partial charge in [-0.15, -0.1) is 0 Å². The Hall–Kier alpha value is -0.650. The molecule has 4 N–H and O–H groups in total. The lowest BCUT2D eigenvalue weighted by Gasteiger charge is -2.23. The summed E-state index contributed by atoms with van der Waals surface area (Å²) in [5, 5.41) is 23.9. The molecular formula is C10H22N2O3. The van der Waals surface area contributed by atoms with Gasteiger partial charge in [-0.1, -0.05) is 0 Å². The van der Waals surface area contributed by atoms with Crippen molar-refractivity contribution >= 4 is 5.91 Å². The van der Waals surface area contributed by atoms with E-state index in [9.17, 15) is 9.90 Å². The number of carbonyl (C=O) groups is 1. The first-order valence-electron chi connectivity index (χ1n) is 5.15. The molecule has 5 nitrogen and oxygen atoms in total. The van der Waals surface area contributed by atoms with Crippen LogP contribution in [-0.4, -0.2) is 47.0 Å². The summed E-state index contributed by atoms with van der Waals surface area (Å²) in [4.78, 5) is 11.4. The van der Waals surface area contributed by atoms with Gasteiger partial charge in [0, 0.05) is 12.6 Å². The summed E-state index contributed by atoms with van der Waals surface area (Å²) in [6, 6.07) is -0.287. The monoisotopic (exact) mass is 218 g/mol. The maximum atomic E-state index is 11.4. The summed E-state index contributed by atoms with van der Waals surface area (Å²) in [5.74, 6) is -0.112. The Balaban J connectivity index is 3.93. The van der Waals surface area contributed by atoms with Crippen molar-refractivity contribution in [1.82, 2.24) is 10.6 Å². The Morgan fingerprint density at radius 3 is 2.33 bits per heavy atom. The predicted molar refractivity (Wildman–Crippen MR) is 58.5 cm³/mol. The number of amides is 1. The molecule has 90 valence electrons. The van der Waals surface area contributed by atoms with Crippen LogP contribution in [0, 0.1) is 0 Å². The Morgan fingerprint density at radius 2 is 1.93 bits per heavy atom. The number of rotatable bonds is 6. The molecule has 0 radical (unpaired) electrons. The molecule has 0 saturated carbocycles. The van der Waals surface area contributed by atoms with E-state index in [4.69, 9.17) is 5.11 Å². The lowest BCUT2D eigenvalue weighted by Crippen LogP contribution is -2.50. The second-order valence-electron chi connectivity index (χ2n) is 4.42. The minimum absolute atomic E-state index is 0.0973. The smallest absolute Gasteiger partial charge is 0.237 e. The van der Waals surface area contributed by atoms with Crippen LogP contribution < -0.4 is 10.6 Å². The molecule has 2 unspecified atom stereocenters. The molecule has 0 bridgehead atoms. The van der Waals surface area contributed by atoms with Crippen LogP contribution in [0.15, 0.2) is 0 Å². The molecule has 0 aliphatic carbocycles. The lowest BCUT2D eigenvalue weighted by atomic mass is 10.1. The SMILES string of the molecule is CC(C)NC(=O)C(C)NCC(C)(O)CO. The van der Waals surface area contributed by atoms with Crippen LogP contribution in [0.4, 0.5) is 0 Å². The van der Waals surface area contributed by atoms with Crippen molar-refractivity contribution in [2.24, 2.45) is 0 Å². The molecule has 0 rings (SSSR count). The normalized spacial score (nSPS) is 17.3. The quantitative estimate of drug-likeness (QED) is 0.472. The fourth-order valence-corrected chi connectivity index (χ4v) is 0.931. The molecule has 0 spiro atoms. The highest BCUT2D eigenvalue weighted by molar-refractivity contribution is 5.81. The van der Waals surface area contributed by atoms with E-state index in [1.807, 2.05) is 13.8 Å². The van der Waals surface area contributed by atoms with E-state index >= 15 is 0 Å². The highest BCUT2D eigenvalue weighted by atomic mass is 16.3. The van der Waals surface area contributed by atoms with Crippen LogP contribution in [0.3, 0.4) is 0 Å². The van der Waals surface area contributed by atoms with Gasteiger partial charge in [-0.05, 0) is 27.7 Å². The van der Waals surface area contributed by atoms with Crippen LogP contribution in [-0.2, 0) is 4.79 Å². The third-order valence-electron chi connectivity index (χ3n) is 1.95. The fourth-order valence-electron chi connectivity index (χ4n) is 0.931. The summed E-state index contributed by atoms with van der Waals surface area (Å²) in [5.41, 5.74) is -1.19. The summed E-state index contributed by atoms with van der Waals surface area (Å²) in [6.45, 7) is 6.83. The molecular weight excluding hydrogens is 196 g/mol. The molecule has 0 aromatic rings. The summed E-state index contributed by atoms with van der Waals surface area (Å²) in [6.07, 6.45) is 0. The van der Waals surface area contributed by atoms with Crippen molar-refractivity contribution in [2.75, 3.05) is 13.2 Å². The number of nitrogens with one attached hydrogen (secondary N) is 2. The second kappa shape index (κ2) is 6.05. The average molecular weight is 218 g/mol. The van der Waals surface area contributed by atoms with Gasteiger partial charge in [-0.2, -0.15) is 0 Å². The van der Waals surface area contributed by atoms with Gasteiger partial charge in [-0.3, -0.25) is 4.79 Å². The fraction of sp³-hybridized carbons (Fsp3) is 0.900. The van der Waals surface area contributed by atoms with Gasteiger partial charge < -0.3 is 20.8 Å². The lowest BCUT2D eigenvalue weighted by molar-refractivity contribution is -0.123. The maximum absolute atomic E-state index is 11.4. The number of aliphatic hydroxyl groups is 2. The van der Waals surface area contributed by atoms with E-state index in [0.717, 1.165) is 0 Å². The number of carbonyl (C=O) groups excluding carboxylic acids is 1. The van der Waals surface area contributed by atoms with Gasteiger partial charge in [0.2, 0.25) is 5.91 Å². The van der Waals surface area contributed by atoms with Crippen molar-refractivity contribution in [1.29, 1.82) is 0 Å². The molecule has 0 aliphatic heterocycles. The highest BCUT2D eigenvalue weighted by Crippen LogP contribution is 1.99. The second-order valence-corrected chi connectivity index (χ2v) is 4.42. The van der Waals surface area contributed by atoms with Crippen LogP contribution in [0.5, 0.6) is 0 Å². The molecule has 15 heavy (non-hydrogen) atoms. The predicted octanol–water partition coefficient (Wildman–Crippen LogP) is -0.768. The van der Waals surface area contributed by atoms with Crippen LogP contribution in [0.1, 0.15) is 27.7 Å². The van der Waals surface area contributed by atoms with Crippen LogP contribution >= 0.6 is 0 Å². The standard InChI is InChI=1S/C10H22N2O3/c1-7(2)12-9(14)8(3)11-5-10(4,15)6-13/h7-8,11,13,15H,5-6H2,1-4H3,(H,12,14). The first-order chi connectivity index (χ1) is 6.78. The van der Waals surface area contributed by atoms with Gasteiger partial charge in [-0.25, -0.2) is 0 Å². The van der Waals surface area contributed by atoms with Gasteiger partial charge in [0.1, 0.15) is 0 Å². The zero-order chi connectivity index (χ0) is 12.1. The Bertz CT molecular complexity index is 205. The van der Waals surface area contributed by atoms with E-state index in [1.165, 1.54) is 6.92 Å². The van der Waals surface area contributed by atoms with Crippen molar-refractivity contribution in [3.05, 3.63) is 0 Å². The van der Waals surface area contributed by atoms with Crippen molar-refractivity contribution < 1.29 is 15.0 Å². The molecule has 2 atom stereocenters. The topological polar surface area (TPSA) is 81.6 Å². The minimum atomic E-state index is -1.19. The number of hydrogen-bond donors (Lipinski definition) is 4. The Labute approximate surface area is 90.9 Å². The van der Waals surface area contributed by atoms with Gasteiger partial charge in [0.15, 0.2) is 0 Å². The van der Waals surface area contributed by atoms with Gasteiger partial charge in [0.05, 0.1) is 18.2 Å². The van der Waals surface area contributed by atoms with Crippen molar-refractivity contribution in [2.45, 2.75) is 45.4 Å². The van der Waals surface area contributed by atoms with E-state index in [-0.39, 0.29) is 31.1 Å². The van der Waals surface area contributed by atoms with E-state index in [0.29, 0.717) is 0 Å². The minimum Gasteiger partial charge on any atom is -0.393 e. The third kappa shape index (κ3) is 6.43. The molecule has 0 heterocycles. The summed E-state index contributed by atoms with van der Waals surface area (Å²) < 4.78 is 0. The molecule has 0 fully saturated rings. The molecule has 0 aromatic carbocycles. The van der Waals surface area contributed by atoms with E-state index in [1.54, 1.807) is 6.92 Å². The van der Waals surface area contributed by atoms with E-state index in [2.05, 4.69) is 10.6 Å². The molecule has 0 aromatic heterocycles. The van der Waals surface area contributed by atoms with Crippen LogP contribution in [0.25, 0.3) is 0 Å². The maximum Gasteiger partial charge on any atom is 0.237 e. The third-order valence-corrected chi connectivity index (χ3v) is 1.95. The average Bonchev–Trinajstić information content (AvgIpc) is 2.13. The van der Waals surface area contributed by atoms with E-state index < -0.39 is 5.60 Å². The highest BCUT2D eigenvalue weighted by Gasteiger charge is 2.21. The van der Waals surface area contributed by atoms with Gasteiger partial charge >= 0.3 is 0 Å². The van der Waals surface area contributed by atoms with Crippen molar-refractivity contribution in [3.63, 3.8) is 0 Å². The number of hydrogen-bond acceptors (Lipinski definition) is 4. The summed E-state index contributed by atoms with van der Waals surface area (Å²) in [7, 11) is 0. The first-order valence-corrected chi connectivity index (χ1v) is 5.15. The summed E-state index contributed by atoms with van der Waals surface area (Å²) >= 11 is 0. The molecule has 0 aliphatic rings. The van der Waals surface area contributed by atoms with Crippen molar-refractivity contribution in [3.8, 4) is 0 Å². The molecule has 1 amide bonds. The molecule has 5 heteroatoms. The largest absolute Gasteiger partial charge is 0.393 e. The zero-order valence-corrected chi connectivity index (χ0v) is 9.87. The van der Waals surface area contributed by atoms with Gasteiger partial charge in [0.25, 0.3) is 0 Å². The van der Waals surface area contributed by atoms with Crippen LogP contribution in [0.2, 0.25) is 0 Å². The molecule has 0 saturated heterocycles. The Kier molecular flexibility index (Phi) is 5.79. The Morgan fingerprint density at radius 1 is 1.40 bits per heavy atom. The number of aliphatic hydroxyl groups excluding tert-OH is 1. The first kappa shape index (κ1) is 14.3. The zero-order valence-electron chi connectivity index (χ0n) is 9.87.